The summed E-state index contributed by atoms with van der Waals surface area (Å²) in [4.78, 5) is 12.0. The van der Waals surface area contributed by atoms with Gasteiger partial charge in [0.2, 0.25) is 5.91 Å². The number of nitrogens with zero attached hydrogens (tertiary/aromatic N) is 1. The number of rotatable bonds is 3. The largest absolute Gasteiger partial charge is 0.488 e. The summed E-state index contributed by atoms with van der Waals surface area (Å²) in [5.41, 5.74) is 1.17. The van der Waals surface area contributed by atoms with Gasteiger partial charge in [0.25, 0.3) is 0 Å². The van der Waals surface area contributed by atoms with Gasteiger partial charge in [-0.3, -0.25) is 10.2 Å². The highest BCUT2D eigenvalue weighted by Crippen LogP contribution is 2.41. The second-order valence-electron chi connectivity index (χ2n) is 8.88. The van der Waals surface area contributed by atoms with E-state index in [0.717, 1.165) is 10.4 Å². The lowest BCUT2D eigenvalue weighted by atomic mass is 9.93. The van der Waals surface area contributed by atoms with E-state index in [1.165, 1.54) is 12.1 Å². The summed E-state index contributed by atoms with van der Waals surface area (Å²) < 4.78 is 47.6. The number of carbonyl (C=O) groups is 1. The van der Waals surface area contributed by atoms with Crippen molar-refractivity contribution in [1.82, 2.24) is 10.4 Å². The van der Waals surface area contributed by atoms with Crippen molar-refractivity contribution < 1.29 is 22.7 Å². The van der Waals surface area contributed by atoms with Crippen LogP contribution in [0.2, 0.25) is 0 Å². The van der Waals surface area contributed by atoms with Crippen molar-refractivity contribution in [1.29, 1.82) is 0 Å². The van der Waals surface area contributed by atoms with Gasteiger partial charge < -0.3 is 4.74 Å². The zero-order valence-corrected chi connectivity index (χ0v) is 16.6. The predicted octanol–water partition coefficient (Wildman–Crippen LogP) is 4.99. The molecule has 0 spiro atoms. The van der Waals surface area contributed by atoms with Gasteiger partial charge in [0.1, 0.15) is 17.4 Å². The lowest BCUT2D eigenvalue weighted by Gasteiger charge is -2.30. The monoisotopic (exact) mass is 394 g/mol. The maximum Gasteiger partial charge on any atom is 0.409 e. The maximum absolute atomic E-state index is 13.9. The molecular weight excluding hydrogens is 369 g/mol. The van der Waals surface area contributed by atoms with Crippen LogP contribution in [0.3, 0.4) is 0 Å². The third-order valence-electron chi connectivity index (χ3n) is 4.62. The number of fused-ring (bicyclic) bond motifs is 1. The van der Waals surface area contributed by atoms with Gasteiger partial charge in [0, 0.05) is 6.54 Å². The quantitative estimate of drug-likeness (QED) is 0.797. The standard InChI is InChI=1S/C21H25F3N2O2/c1-19(2,3)28-16-9-8-13-6-7-14(10-15(13)11-16)17(21(22,23)24)26-12-20(4,5)18(27)25-26/h6-11,17H,12H2,1-5H3,(H,25,27). The predicted molar refractivity (Wildman–Crippen MR) is 102 cm³/mol. The van der Waals surface area contributed by atoms with Gasteiger partial charge in [-0.15, -0.1) is 0 Å². The third kappa shape index (κ3) is 4.24. The number of benzene rings is 2. The van der Waals surface area contributed by atoms with Gasteiger partial charge in [-0.05, 0) is 69.2 Å². The Morgan fingerprint density at radius 1 is 1.07 bits per heavy atom. The molecular formula is C21H25F3N2O2. The summed E-state index contributed by atoms with van der Waals surface area (Å²) in [6.45, 7) is 8.96. The molecule has 28 heavy (non-hydrogen) atoms. The SMILES string of the molecule is CC(C)(C)Oc1ccc2ccc(C(N3CC(C)(C)C(=O)N3)C(F)(F)F)cc2c1. The fourth-order valence-electron chi connectivity index (χ4n) is 3.35. The number of alkyl halides is 3. The molecule has 0 aromatic heterocycles. The summed E-state index contributed by atoms with van der Waals surface area (Å²) in [5.74, 6) is 0.180. The molecule has 1 saturated heterocycles. The van der Waals surface area contributed by atoms with Gasteiger partial charge >= 0.3 is 6.18 Å². The summed E-state index contributed by atoms with van der Waals surface area (Å²) in [7, 11) is 0. The first-order valence-electron chi connectivity index (χ1n) is 9.13. The molecule has 2 aromatic carbocycles. The molecule has 1 heterocycles. The number of ether oxygens (including phenoxy) is 1. The number of hydrogen-bond donors (Lipinski definition) is 1. The molecule has 2 aromatic rings. The molecule has 152 valence electrons. The van der Waals surface area contributed by atoms with Crippen molar-refractivity contribution in [3.8, 4) is 5.75 Å². The number of carbonyl (C=O) groups excluding carboxylic acids is 1. The molecule has 0 bridgehead atoms. The second kappa shape index (κ2) is 6.65. The minimum absolute atomic E-state index is 0.0266. The Morgan fingerprint density at radius 2 is 1.71 bits per heavy atom. The van der Waals surface area contributed by atoms with Gasteiger partial charge in [0.15, 0.2) is 0 Å². The first kappa shape index (κ1) is 20.5. The molecule has 1 amide bonds. The van der Waals surface area contributed by atoms with Crippen molar-refractivity contribution in [2.24, 2.45) is 5.41 Å². The Morgan fingerprint density at radius 3 is 2.25 bits per heavy atom. The first-order valence-corrected chi connectivity index (χ1v) is 9.13. The average molecular weight is 394 g/mol. The Bertz CT molecular complexity index is 901. The molecule has 1 aliphatic heterocycles. The van der Waals surface area contributed by atoms with E-state index >= 15 is 0 Å². The number of halogens is 3. The van der Waals surface area contributed by atoms with Gasteiger partial charge in [-0.1, -0.05) is 18.2 Å². The first-order chi connectivity index (χ1) is 12.8. The highest BCUT2D eigenvalue weighted by molar-refractivity contribution is 5.85. The van der Waals surface area contributed by atoms with E-state index in [9.17, 15) is 18.0 Å². The van der Waals surface area contributed by atoms with Gasteiger partial charge in [0.05, 0.1) is 5.41 Å². The Kier molecular flexibility index (Phi) is 4.86. The van der Waals surface area contributed by atoms with Crippen LogP contribution in [0.25, 0.3) is 10.8 Å². The van der Waals surface area contributed by atoms with E-state index in [4.69, 9.17) is 4.74 Å². The van der Waals surface area contributed by atoms with Crippen molar-refractivity contribution in [2.75, 3.05) is 6.54 Å². The van der Waals surface area contributed by atoms with Crippen LogP contribution < -0.4 is 10.2 Å². The van der Waals surface area contributed by atoms with Crippen LogP contribution in [0.5, 0.6) is 5.75 Å². The lowest BCUT2D eigenvalue weighted by molar-refractivity contribution is -0.191. The fourth-order valence-corrected chi connectivity index (χ4v) is 3.35. The Hall–Kier alpha value is -2.28. The minimum Gasteiger partial charge on any atom is -0.488 e. The van der Waals surface area contributed by atoms with Crippen molar-refractivity contribution >= 4 is 16.7 Å². The lowest BCUT2D eigenvalue weighted by Crippen LogP contribution is -2.43. The van der Waals surface area contributed by atoms with Crippen LogP contribution in [-0.2, 0) is 4.79 Å². The second-order valence-corrected chi connectivity index (χ2v) is 8.88. The molecule has 1 fully saturated rings. The molecule has 0 aliphatic carbocycles. The zero-order chi connectivity index (χ0) is 20.9. The zero-order valence-electron chi connectivity index (χ0n) is 16.6. The molecule has 0 saturated carbocycles. The Balaban J connectivity index is 2.02. The van der Waals surface area contributed by atoms with E-state index < -0.39 is 29.1 Å². The summed E-state index contributed by atoms with van der Waals surface area (Å²) in [6.07, 6.45) is -4.54. The van der Waals surface area contributed by atoms with Crippen LogP contribution in [0.15, 0.2) is 36.4 Å². The van der Waals surface area contributed by atoms with Gasteiger partial charge in [-0.25, -0.2) is 5.01 Å². The van der Waals surface area contributed by atoms with Gasteiger partial charge in [-0.2, -0.15) is 13.2 Å². The number of hydrogen-bond acceptors (Lipinski definition) is 3. The molecule has 1 N–H and O–H groups in total. The van der Waals surface area contributed by atoms with Crippen molar-refractivity contribution in [3.63, 3.8) is 0 Å². The summed E-state index contributed by atoms with van der Waals surface area (Å²) in [6, 6.07) is 8.08. The topological polar surface area (TPSA) is 41.6 Å². The number of nitrogens with one attached hydrogen (secondary N) is 1. The third-order valence-corrected chi connectivity index (χ3v) is 4.62. The van der Waals surface area contributed by atoms with Crippen LogP contribution in [-0.4, -0.2) is 29.2 Å². The van der Waals surface area contributed by atoms with Crippen molar-refractivity contribution in [3.05, 3.63) is 42.0 Å². The Labute approximate surface area is 162 Å². The van der Waals surface area contributed by atoms with E-state index in [-0.39, 0.29) is 12.1 Å². The number of hydrazine groups is 1. The van der Waals surface area contributed by atoms with E-state index in [1.807, 2.05) is 26.8 Å². The fraction of sp³-hybridized carbons (Fsp3) is 0.476. The van der Waals surface area contributed by atoms with E-state index in [1.54, 1.807) is 32.0 Å². The molecule has 0 radical (unpaired) electrons. The van der Waals surface area contributed by atoms with Crippen LogP contribution >= 0.6 is 0 Å². The smallest absolute Gasteiger partial charge is 0.409 e. The molecule has 1 aliphatic rings. The van der Waals surface area contributed by atoms with E-state index in [0.29, 0.717) is 11.1 Å². The number of amides is 1. The highest BCUT2D eigenvalue weighted by Gasteiger charge is 2.51. The average Bonchev–Trinajstić information content (AvgIpc) is 2.76. The van der Waals surface area contributed by atoms with Crippen molar-refractivity contribution in [2.45, 2.75) is 52.4 Å². The normalized spacial score (nSPS) is 18.9. The molecule has 1 unspecified atom stereocenters. The van der Waals surface area contributed by atoms with Crippen LogP contribution in [0.4, 0.5) is 13.2 Å². The van der Waals surface area contributed by atoms with Crippen LogP contribution in [0.1, 0.15) is 46.2 Å². The molecule has 7 heteroatoms. The molecule has 3 rings (SSSR count). The minimum atomic E-state index is -4.54. The molecule has 1 atom stereocenters. The summed E-state index contributed by atoms with van der Waals surface area (Å²) >= 11 is 0. The van der Waals surface area contributed by atoms with E-state index in [2.05, 4.69) is 5.43 Å². The highest BCUT2D eigenvalue weighted by atomic mass is 19.4. The maximum atomic E-state index is 13.9. The summed E-state index contributed by atoms with van der Waals surface area (Å²) in [5, 5.41) is 2.45. The van der Waals surface area contributed by atoms with Crippen LogP contribution in [0, 0.1) is 5.41 Å². The molecule has 4 nitrogen and oxygen atoms in total.